The summed E-state index contributed by atoms with van der Waals surface area (Å²) in [6, 6.07) is 0. The standard InChI is InChI=1S/C19H37N3O3/c1-3-20-19(22-14-9-15-24-16-17-11-12-17)21-13-8-6-5-7-10-18(23)25-4-2/h17H,3-16H2,1-2H3,(H2,20,21,22). The van der Waals surface area contributed by atoms with Crippen LogP contribution in [0.5, 0.6) is 0 Å². The number of guanidine groups is 1. The lowest BCUT2D eigenvalue weighted by atomic mass is 10.1. The van der Waals surface area contributed by atoms with Crippen LogP contribution in [-0.2, 0) is 14.3 Å². The van der Waals surface area contributed by atoms with Gasteiger partial charge in [0.2, 0.25) is 0 Å². The number of esters is 1. The Hall–Kier alpha value is -1.30. The smallest absolute Gasteiger partial charge is 0.305 e. The van der Waals surface area contributed by atoms with Crippen LogP contribution in [-0.4, -0.2) is 51.4 Å². The van der Waals surface area contributed by atoms with E-state index in [1.54, 1.807) is 0 Å². The van der Waals surface area contributed by atoms with Gasteiger partial charge in [-0.15, -0.1) is 0 Å². The number of ether oxygens (including phenoxy) is 2. The lowest BCUT2D eigenvalue weighted by molar-refractivity contribution is -0.143. The van der Waals surface area contributed by atoms with Crippen molar-refractivity contribution in [3.05, 3.63) is 0 Å². The second kappa shape index (κ2) is 15.0. The average molecular weight is 356 g/mol. The van der Waals surface area contributed by atoms with Crippen molar-refractivity contribution in [3.63, 3.8) is 0 Å². The second-order valence-corrected chi connectivity index (χ2v) is 6.53. The molecule has 0 aromatic rings. The molecule has 0 amide bonds. The third-order valence-electron chi connectivity index (χ3n) is 4.02. The largest absolute Gasteiger partial charge is 0.466 e. The highest BCUT2D eigenvalue weighted by atomic mass is 16.5. The van der Waals surface area contributed by atoms with E-state index < -0.39 is 0 Å². The first-order valence-corrected chi connectivity index (χ1v) is 10.0. The summed E-state index contributed by atoms with van der Waals surface area (Å²) < 4.78 is 10.5. The van der Waals surface area contributed by atoms with Crippen LogP contribution in [0.2, 0.25) is 0 Å². The van der Waals surface area contributed by atoms with E-state index in [-0.39, 0.29) is 5.97 Å². The van der Waals surface area contributed by atoms with Crippen molar-refractivity contribution in [1.29, 1.82) is 0 Å². The summed E-state index contributed by atoms with van der Waals surface area (Å²) in [5, 5.41) is 6.64. The molecule has 0 atom stereocenters. The fourth-order valence-corrected chi connectivity index (χ4v) is 2.42. The number of unbranched alkanes of at least 4 members (excludes halogenated alkanes) is 3. The van der Waals surface area contributed by atoms with E-state index in [1.807, 2.05) is 6.92 Å². The van der Waals surface area contributed by atoms with Gasteiger partial charge in [0.1, 0.15) is 0 Å². The molecule has 0 aromatic carbocycles. The Kier molecular flexibility index (Phi) is 13.0. The predicted octanol–water partition coefficient (Wildman–Crippen LogP) is 2.87. The first-order chi connectivity index (χ1) is 12.3. The number of nitrogens with one attached hydrogen (secondary N) is 2. The van der Waals surface area contributed by atoms with Gasteiger partial charge in [-0.2, -0.15) is 0 Å². The third-order valence-corrected chi connectivity index (χ3v) is 4.02. The normalized spacial score (nSPS) is 14.4. The van der Waals surface area contributed by atoms with Gasteiger partial charge in [-0.25, -0.2) is 0 Å². The molecule has 146 valence electrons. The molecule has 0 heterocycles. The van der Waals surface area contributed by atoms with Crippen molar-refractivity contribution in [1.82, 2.24) is 10.6 Å². The summed E-state index contributed by atoms with van der Waals surface area (Å²) in [7, 11) is 0. The summed E-state index contributed by atoms with van der Waals surface area (Å²) in [6.45, 7) is 8.69. The van der Waals surface area contributed by atoms with E-state index in [1.165, 1.54) is 12.8 Å². The molecule has 25 heavy (non-hydrogen) atoms. The van der Waals surface area contributed by atoms with Gasteiger partial charge in [0.25, 0.3) is 0 Å². The van der Waals surface area contributed by atoms with Gasteiger partial charge in [0.05, 0.1) is 6.61 Å². The van der Waals surface area contributed by atoms with Crippen molar-refractivity contribution >= 4 is 11.9 Å². The molecule has 1 aliphatic carbocycles. The van der Waals surface area contributed by atoms with Gasteiger partial charge in [-0.1, -0.05) is 12.8 Å². The Morgan fingerprint density at radius 3 is 2.60 bits per heavy atom. The Labute approximate surface area is 153 Å². The molecular formula is C19H37N3O3. The SMILES string of the molecule is CCNC(=NCCCOCC1CC1)NCCCCCCC(=O)OCC. The van der Waals surface area contributed by atoms with Crippen LogP contribution < -0.4 is 10.6 Å². The molecular weight excluding hydrogens is 318 g/mol. The summed E-state index contributed by atoms with van der Waals surface area (Å²) in [4.78, 5) is 15.8. The van der Waals surface area contributed by atoms with Crippen LogP contribution in [0.3, 0.4) is 0 Å². The molecule has 1 rings (SSSR count). The van der Waals surface area contributed by atoms with Gasteiger partial charge < -0.3 is 20.1 Å². The molecule has 1 aliphatic rings. The number of carbonyl (C=O) groups excluding carboxylic acids is 1. The molecule has 6 nitrogen and oxygen atoms in total. The van der Waals surface area contributed by atoms with Crippen LogP contribution in [0.1, 0.15) is 65.2 Å². The van der Waals surface area contributed by atoms with E-state index >= 15 is 0 Å². The van der Waals surface area contributed by atoms with E-state index in [9.17, 15) is 4.79 Å². The van der Waals surface area contributed by atoms with Crippen LogP contribution in [0.4, 0.5) is 0 Å². The second-order valence-electron chi connectivity index (χ2n) is 6.53. The minimum Gasteiger partial charge on any atom is -0.466 e. The first kappa shape index (κ1) is 21.7. The van der Waals surface area contributed by atoms with Crippen molar-refractivity contribution in [3.8, 4) is 0 Å². The molecule has 2 N–H and O–H groups in total. The molecule has 0 aliphatic heterocycles. The Morgan fingerprint density at radius 1 is 1.08 bits per heavy atom. The third kappa shape index (κ3) is 13.6. The topological polar surface area (TPSA) is 72.0 Å². The fraction of sp³-hybridized carbons (Fsp3) is 0.895. The highest BCUT2D eigenvalue weighted by molar-refractivity contribution is 5.79. The highest BCUT2D eigenvalue weighted by Gasteiger charge is 2.20. The van der Waals surface area contributed by atoms with Crippen LogP contribution in [0, 0.1) is 5.92 Å². The number of aliphatic imine (C=N–C) groups is 1. The van der Waals surface area contributed by atoms with E-state index in [0.29, 0.717) is 13.0 Å². The fourth-order valence-electron chi connectivity index (χ4n) is 2.42. The number of nitrogens with zero attached hydrogens (tertiary/aromatic N) is 1. The van der Waals surface area contributed by atoms with Crippen LogP contribution in [0.25, 0.3) is 0 Å². The number of rotatable bonds is 15. The van der Waals surface area contributed by atoms with Crippen molar-refractivity contribution in [2.24, 2.45) is 10.9 Å². The van der Waals surface area contributed by atoms with Crippen LogP contribution in [0.15, 0.2) is 4.99 Å². The Morgan fingerprint density at radius 2 is 1.88 bits per heavy atom. The molecule has 1 saturated carbocycles. The summed E-state index contributed by atoms with van der Waals surface area (Å²) in [5.74, 6) is 1.64. The Balaban J connectivity index is 1.97. The summed E-state index contributed by atoms with van der Waals surface area (Å²) in [5.41, 5.74) is 0. The van der Waals surface area contributed by atoms with Crippen molar-refractivity contribution < 1.29 is 14.3 Å². The maximum Gasteiger partial charge on any atom is 0.305 e. The molecule has 6 heteroatoms. The molecule has 0 saturated heterocycles. The molecule has 1 fully saturated rings. The summed E-state index contributed by atoms with van der Waals surface area (Å²) in [6.07, 6.45) is 8.36. The number of hydrogen-bond acceptors (Lipinski definition) is 4. The number of hydrogen-bond donors (Lipinski definition) is 2. The van der Waals surface area contributed by atoms with Gasteiger partial charge in [0.15, 0.2) is 5.96 Å². The lowest BCUT2D eigenvalue weighted by Crippen LogP contribution is -2.37. The minimum absolute atomic E-state index is 0.0803. The first-order valence-electron chi connectivity index (χ1n) is 10.0. The predicted molar refractivity (Wildman–Crippen MR) is 102 cm³/mol. The zero-order chi connectivity index (χ0) is 18.2. The van der Waals surface area contributed by atoms with Crippen LogP contribution >= 0.6 is 0 Å². The van der Waals surface area contributed by atoms with Gasteiger partial charge in [0, 0.05) is 39.3 Å². The highest BCUT2D eigenvalue weighted by Crippen LogP contribution is 2.28. The number of carbonyl (C=O) groups is 1. The maximum atomic E-state index is 11.2. The van der Waals surface area contributed by atoms with Gasteiger partial charge >= 0.3 is 5.97 Å². The van der Waals surface area contributed by atoms with E-state index in [2.05, 4.69) is 22.5 Å². The summed E-state index contributed by atoms with van der Waals surface area (Å²) >= 11 is 0. The molecule has 0 aromatic heterocycles. The zero-order valence-electron chi connectivity index (χ0n) is 16.1. The van der Waals surface area contributed by atoms with Crippen molar-refractivity contribution in [2.45, 2.75) is 65.2 Å². The zero-order valence-corrected chi connectivity index (χ0v) is 16.1. The maximum absolute atomic E-state index is 11.2. The quantitative estimate of drug-likeness (QED) is 0.205. The molecule has 0 radical (unpaired) electrons. The molecule has 0 unspecified atom stereocenters. The van der Waals surface area contributed by atoms with E-state index in [4.69, 9.17) is 9.47 Å². The van der Waals surface area contributed by atoms with E-state index in [0.717, 1.165) is 76.8 Å². The average Bonchev–Trinajstić information content (AvgIpc) is 3.41. The minimum atomic E-state index is -0.0803. The van der Waals surface area contributed by atoms with Crippen molar-refractivity contribution in [2.75, 3.05) is 39.5 Å². The Bertz CT molecular complexity index is 371. The molecule has 0 spiro atoms. The molecule has 0 bridgehead atoms. The lowest BCUT2D eigenvalue weighted by Gasteiger charge is -2.11. The monoisotopic (exact) mass is 355 g/mol. The van der Waals surface area contributed by atoms with Gasteiger partial charge in [-0.05, 0) is 51.9 Å². The van der Waals surface area contributed by atoms with Gasteiger partial charge in [-0.3, -0.25) is 9.79 Å².